The highest BCUT2D eigenvalue weighted by molar-refractivity contribution is 5.28. The first-order chi connectivity index (χ1) is 10.6. The van der Waals surface area contributed by atoms with Crippen LogP contribution in [0.5, 0.6) is 0 Å². The molecule has 5 heteroatoms. The van der Waals surface area contributed by atoms with Gasteiger partial charge in [0.25, 0.3) is 0 Å². The fraction of sp³-hybridized carbons (Fsp3) is 0.647. The Kier molecular flexibility index (Phi) is 4.39. The van der Waals surface area contributed by atoms with E-state index in [0.717, 1.165) is 25.7 Å². The summed E-state index contributed by atoms with van der Waals surface area (Å²) in [6.45, 7) is 5.00. The minimum atomic E-state index is -0.472. The lowest BCUT2D eigenvalue weighted by atomic mass is 9.90. The number of nitrogens with zero attached hydrogens (tertiary/aromatic N) is 3. The summed E-state index contributed by atoms with van der Waals surface area (Å²) in [4.78, 5) is 2.91. The van der Waals surface area contributed by atoms with Crippen molar-refractivity contribution in [3.63, 3.8) is 0 Å². The molecule has 1 saturated heterocycles. The molecule has 0 amide bonds. The summed E-state index contributed by atoms with van der Waals surface area (Å²) in [5.41, 5.74) is 11.1. The van der Waals surface area contributed by atoms with Gasteiger partial charge in [-0.2, -0.15) is 0 Å². The Morgan fingerprint density at radius 3 is 2.77 bits per heavy atom. The van der Waals surface area contributed by atoms with Gasteiger partial charge in [0.2, 0.25) is 0 Å². The number of ether oxygens (including phenoxy) is 2. The first-order valence-electron chi connectivity index (χ1n) is 8.08. The third-order valence-corrected chi connectivity index (χ3v) is 4.74. The molecule has 1 saturated carbocycles. The fourth-order valence-electron chi connectivity index (χ4n) is 3.33. The molecule has 22 heavy (non-hydrogen) atoms. The number of hydrogen-bond acceptors (Lipinski definition) is 3. The third kappa shape index (κ3) is 3.12. The Hall–Kier alpha value is -1.55. The van der Waals surface area contributed by atoms with Crippen molar-refractivity contribution in [3.05, 3.63) is 45.8 Å². The van der Waals surface area contributed by atoms with E-state index in [9.17, 15) is 0 Å². The molecule has 1 unspecified atom stereocenters. The van der Waals surface area contributed by atoms with Crippen molar-refractivity contribution in [1.82, 2.24) is 0 Å². The predicted molar refractivity (Wildman–Crippen MR) is 84.4 cm³/mol. The van der Waals surface area contributed by atoms with Gasteiger partial charge in [-0.3, -0.25) is 0 Å². The largest absolute Gasteiger partial charge is 0.347 e. The molecule has 1 heterocycles. The smallest absolute Gasteiger partial charge is 0.169 e. The SMILES string of the molecule is CC(C)c1cccc(C2COC3(CCC(N=[N+]=[N-])CC3)O2)c1. The lowest BCUT2D eigenvalue weighted by Crippen LogP contribution is -2.36. The van der Waals surface area contributed by atoms with E-state index in [0.29, 0.717) is 12.5 Å². The molecule has 1 aromatic rings. The van der Waals surface area contributed by atoms with Crippen LogP contribution in [0.3, 0.4) is 0 Å². The van der Waals surface area contributed by atoms with Crippen LogP contribution in [0.2, 0.25) is 0 Å². The van der Waals surface area contributed by atoms with Crippen LogP contribution < -0.4 is 0 Å². The van der Waals surface area contributed by atoms with E-state index >= 15 is 0 Å². The molecule has 1 aliphatic carbocycles. The summed E-state index contributed by atoms with van der Waals surface area (Å²) in [5, 5.41) is 3.82. The Morgan fingerprint density at radius 2 is 2.09 bits per heavy atom. The zero-order valence-electron chi connectivity index (χ0n) is 13.2. The van der Waals surface area contributed by atoms with E-state index in [-0.39, 0.29) is 12.1 Å². The van der Waals surface area contributed by atoms with Gasteiger partial charge in [0.15, 0.2) is 5.79 Å². The summed E-state index contributed by atoms with van der Waals surface area (Å²) >= 11 is 0. The molecule has 0 aromatic heterocycles. The van der Waals surface area contributed by atoms with Crippen LogP contribution in [-0.4, -0.2) is 18.4 Å². The summed E-state index contributed by atoms with van der Waals surface area (Å²) in [7, 11) is 0. The number of benzene rings is 1. The standard InChI is InChI=1S/C17H23N3O2/c1-12(2)13-4-3-5-14(10-13)16-11-21-17(22-16)8-6-15(7-9-17)19-20-18/h3-5,10,12,15-16H,6-9,11H2,1-2H3. The maximum absolute atomic E-state index is 8.53. The molecule has 2 aliphatic rings. The van der Waals surface area contributed by atoms with Gasteiger partial charge < -0.3 is 9.47 Å². The van der Waals surface area contributed by atoms with E-state index in [2.05, 4.69) is 48.1 Å². The van der Waals surface area contributed by atoms with Gasteiger partial charge >= 0.3 is 0 Å². The van der Waals surface area contributed by atoms with Gasteiger partial charge in [0.05, 0.1) is 6.61 Å². The van der Waals surface area contributed by atoms with Gasteiger partial charge in [-0.1, -0.05) is 43.2 Å². The monoisotopic (exact) mass is 301 g/mol. The fourth-order valence-corrected chi connectivity index (χ4v) is 3.33. The minimum absolute atomic E-state index is 0.00900. The molecular weight excluding hydrogens is 278 g/mol. The minimum Gasteiger partial charge on any atom is -0.347 e. The van der Waals surface area contributed by atoms with Crippen LogP contribution in [-0.2, 0) is 9.47 Å². The third-order valence-electron chi connectivity index (χ3n) is 4.74. The molecule has 1 aliphatic heterocycles. The Balaban J connectivity index is 1.68. The second-order valence-corrected chi connectivity index (χ2v) is 6.59. The van der Waals surface area contributed by atoms with Crippen molar-refractivity contribution < 1.29 is 9.47 Å². The van der Waals surface area contributed by atoms with Crippen LogP contribution in [0, 0.1) is 0 Å². The number of azide groups is 1. The lowest BCUT2D eigenvalue weighted by molar-refractivity contribution is -0.189. The Labute approximate surface area is 131 Å². The molecule has 0 radical (unpaired) electrons. The first-order valence-corrected chi connectivity index (χ1v) is 8.08. The molecule has 0 bridgehead atoms. The van der Waals surface area contributed by atoms with Crippen LogP contribution in [0.1, 0.15) is 62.7 Å². The van der Waals surface area contributed by atoms with Crippen LogP contribution in [0.4, 0.5) is 0 Å². The maximum atomic E-state index is 8.53. The van der Waals surface area contributed by atoms with E-state index < -0.39 is 5.79 Å². The molecule has 3 rings (SSSR count). The molecule has 2 fully saturated rings. The summed E-state index contributed by atoms with van der Waals surface area (Å²) < 4.78 is 12.3. The maximum Gasteiger partial charge on any atom is 0.169 e. The second-order valence-electron chi connectivity index (χ2n) is 6.59. The van der Waals surface area contributed by atoms with Gasteiger partial charge in [-0.05, 0) is 35.4 Å². The molecule has 118 valence electrons. The number of hydrogen-bond donors (Lipinski definition) is 0. The van der Waals surface area contributed by atoms with E-state index in [1.807, 2.05) is 0 Å². The topological polar surface area (TPSA) is 67.2 Å². The average Bonchev–Trinajstić information content (AvgIpc) is 2.94. The summed E-state index contributed by atoms with van der Waals surface area (Å²) in [6.07, 6.45) is 3.29. The van der Waals surface area contributed by atoms with Gasteiger partial charge in [0, 0.05) is 23.8 Å². The molecule has 5 nitrogen and oxygen atoms in total. The molecule has 0 N–H and O–H groups in total. The van der Waals surface area contributed by atoms with E-state index in [1.165, 1.54) is 11.1 Å². The van der Waals surface area contributed by atoms with Crippen LogP contribution in [0.25, 0.3) is 10.4 Å². The van der Waals surface area contributed by atoms with Crippen molar-refractivity contribution in [1.29, 1.82) is 0 Å². The quantitative estimate of drug-likeness (QED) is 0.455. The van der Waals surface area contributed by atoms with Gasteiger partial charge in [-0.15, -0.1) is 0 Å². The van der Waals surface area contributed by atoms with Gasteiger partial charge in [0.1, 0.15) is 6.10 Å². The van der Waals surface area contributed by atoms with Crippen LogP contribution in [0.15, 0.2) is 29.4 Å². The highest BCUT2D eigenvalue weighted by Gasteiger charge is 2.44. The van der Waals surface area contributed by atoms with Crippen molar-refractivity contribution >= 4 is 0 Å². The highest BCUT2D eigenvalue weighted by atomic mass is 16.7. The molecule has 1 aromatic carbocycles. The summed E-state index contributed by atoms with van der Waals surface area (Å²) in [6, 6.07) is 8.68. The molecule has 1 spiro atoms. The Morgan fingerprint density at radius 1 is 1.32 bits per heavy atom. The zero-order chi connectivity index (χ0) is 15.6. The van der Waals surface area contributed by atoms with Crippen molar-refractivity contribution in [2.24, 2.45) is 5.11 Å². The predicted octanol–water partition coefficient (Wildman–Crippen LogP) is 4.85. The lowest BCUT2D eigenvalue weighted by Gasteiger charge is -2.34. The van der Waals surface area contributed by atoms with Crippen molar-refractivity contribution in [2.75, 3.05) is 6.61 Å². The normalized spacial score (nSPS) is 31.4. The van der Waals surface area contributed by atoms with E-state index in [4.69, 9.17) is 15.0 Å². The number of rotatable bonds is 3. The Bertz CT molecular complexity index is 573. The van der Waals surface area contributed by atoms with Gasteiger partial charge in [-0.25, -0.2) is 0 Å². The molecule has 1 atom stereocenters. The summed E-state index contributed by atoms with van der Waals surface area (Å²) in [5.74, 6) is 0.0375. The second kappa shape index (κ2) is 6.29. The average molecular weight is 301 g/mol. The van der Waals surface area contributed by atoms with Crippen LogP contribution >= 0.6 is 0 Å². The van der Waals surface area contributed by atoms with E-state index in [1.54, 1.807) is 0 Å². The molecular formula is C17H23N3O2. The zero-order valence-corrected chi connectivity index (χ0v) is 13.2. The first kappa shape index (κ1) is 15.3. The van der Waals surface area contributed by atoms with Crippen molar-refractivity contribution in [2.45, 2.75) is 63.4 Å². The van der Waals surface area contributed by atoms with Crippen molar-refractivity contribution in [3.8, 4) is 0 Å². The highest BCUT2D eigenvalue weighted by Crippen LogP contribution is 2.43.